The molecule has 1 heterocycles. The van der Waals surface area contributed by atoms with E-state index in [0.717, 1.165) is 16.5 Å². The van der Waals surface area contributed by atoms with E-state index < -0.39 is 0 Å². The Morgan fingerprint density at radius 1 is 0.950 bits per heavy atom. The predicted molar refractivity (Wildman–Crippen MR) is 77.2 cm³/mol. The van der Waals surface area contributed by atoms with Crippen LogP contribution >= 0.6 is 0 Å². The molecule has 1 N–H and O–H groups in total. The fourth-order valence-electron chi connectivity index (χ4n) is 2.14. The van der Waals surface area contributed by atoms with E-state index in [0.29, 0.717) is 17.5 Å². The van der Waals surface area contributed by atoms with E-state index in [2.05, 4.69) is 9.97 Å². The van der Waals surface area contributed by atoms with Crippen molar-refractivity contribution >= 4 is 10.8 Å². The molecule has 0 unspecified atom stereocenters. The van der Waals surface area contributed by atoms with Gasteiger partial charge in [-0.05, 0) is 36.8 Å². The van der Waals surface area contributed by atoms with Crippen molar-refractivity contribution in [3.63, 3.8) is 0 Å². The summed E-state index contributed by atoms with van der Waals surface area (Å²) < 4.78 is 5.68. The van der Waals surface area contributed by atoms with Gasteiger partial charge in [-0.15, -0.1) is 0 Å². The first-order valence-corrected chi connectivity index (χ1v) is 6.34. The van der Waals surface area contributed by atoms with Gasteiger partial charge in [-0.2, -0.15) is 4.98 Å². The third kappa shape index (κ3) is 2.40. The topological polar surface area (TPSA) is 55.2 Å². The largest absolute Gasteiger partial charge is 0.504 e. The number of ether oxygens (including phenoxy) is 1. The molecule has 20 heavy (non-hydrogen) atoms. The zero-order valence-corrected chi connectivity index (χ0v) is 11.3. The number of nitrogens with zero attached hydrogens (tertiary/aromatic N) is 2. The molecule has 0 saturated carbocycles. The van der Waals surface area contributed by atoms with E-state index >= 15 is 0 Å². The molecule has 0 fully saturated rings. The van der Waals surface area contributed by atoms with E-state index in [1.165, 1.54) is 0 Å². The fraction of sp³-hybridized carbons (Fsp3) is 0.125. The molecule has 3 rings (SSSR count). The SMILES string of the molecule is Cc1cc(Oc2cc3ccccc3cc2O)nc(C)n1. The number of aryl methyl sites for hydroxylation is 2. The Balaban J connectivity index is 2.03. The van der Waals surface area contributed by atoms with Crippen molar-refractivity contribution in [3.05, 3.63) is 54.0 Å². The summed E-state index contributed by atoms with van der Waals surface area (Å²) in [5.41, 5.74) is 0.827. The highest BCUT2D eigenvalue weighted by Gasteiger charge is 2.08. The van der Waals surface area contributed by atoms with Crippen molar-refractivity contribution in [2.45, 2.75) is 13.8 Å². The molecule has 0 atom stereocenters. The van der Waals surface area contributed by atoms with Crippen LogP contribution < -0.4 is 4.74 Å². The number of rotatable bonds is 2. The molecule has 4 nitrogen and oxygen atoms in total. The minimum atomic E-state index is 0.0950. The first-order chi connectivity index (χ1) is 9.61. The van der Waals surface area contributed by atoms with Crippen LogP contribution in [0, 0.1) is 13.8 Å². The van der Waals surface area contributed by atoms with Gasteiger partial charge in [-0.3, -0.25) is 0 Å². The van der Waals surface area contributed by atoms with Crippen LogP contribution in [0.1, 0.15) is 11.5 Å². The lowest BCUT2D eigenvalue weighted by Crippen LogP contribution is -1.95. The number of aromatic hydroxyl groups is 1. The first kappa shape index (κ1) is 12.4. The Labute approximate surface area is 116 Å². The van der Waals surface area contributed by atoms with Gasteiger partial charge in [-0.25, -0.2) is 4.98 Å². The summed E-state index contributed by atoms with van der Waals surface area (Å²) in [7, 11) is 0. The molecular formula is C16H14N2O2. The maximum Gasteiger partial charge on any atom is 0.222 e. The van der Waals surface area contributed by atoms with E-state index in [9.17, 15) is 5.11 Å². The van der Waals surface area contributed by atoms with Gasteiger partial charge in [0, 0.05) is 11.8 Å². The summed E-state index contributed by atoms with van der Waals surface area (Å²) >= 11 is 0. The molecule has 100 valence electrons. The Hall–Kier alpha value is -2.62. The van der Waals surface area contributed by atoms with Crippen LogP contribution in [-0.4, -0.2) is 15.1 Å². The van der Waals surface area contributed by atoms with Crippen LogP contribution in [0.3, 0.4) is 0 Å². The summed E-state index contributed by atoms with van der Waals surface area (Å²) in [6.45, 7) is 3.68. The Kier molecular flexibility index (Phi) is 2.99. The van der Waals surface area contributed by atoms with Gasteiger partial charge in [-0.1, -0.05) is 24.3 Å². The van der Waals surface area contributed by atoms with Crippen LogP contribution in [0.5, 0.6) is 17.4 Å². The molecule has 0 spiro atoms. The Morgan fingerprint density at radius 2 is 1.65 bits per heavy atom. The molecule has 3 aromatic rings. The van der Waals surface area contributed by atoms with Gasteiger partial charge >= 0.3 is 0 Å². The van der Waals surface area contributed by atoms with Gasteiger partial charge in [0.25, 0.3) is 0 Å². The second kappa shape index (κ2) is 4.81. The smallest absolute Gasteiger partial charge is 0.222 e. The minimum absolute atomic E-state index is 0.0950. The van der Waals surface area contributed by atoms with E-state index in [1.54, 1.807) is 25.1 Å². The van der Waals surface area contributed by atoms with Crippen molar-refractivity contribution < 1.29 is 9.84 Å². The summed E-state index contributed by atoms with van der Waals surface area (Å²) in [5, 5.41) is 12.0. The Morgan fingerprint density at radius 3 is 2.35 bits per heavy atom. The van der Waals surface area contributed by atoms with Gasteiger partial charge in [0.05, 0.1) is 0 Å². The van der Waals surface area contributed by atoms with Gasteiger partial charge in [0.15, 0.2) is 11.5 Å². The molecule has 2 aromatic carbocycles. The molecule has 0 bridgehead atoms. The summed E-state index contributed by atoms with van der Waals surface area (Å²) in [4.78, 5) is 8.40. The lowest BCUT2D eigenvalue weighted by molar-refractivity contribution is 0.402. The molecule has 4 heteroatoms. The first-order valence-electron chi connectivity index (χ1n) is 6.34. The second-order valence-electron chi connectivity index (χ2n) is 4.66. The fourth-order valence-corrected chi connectivity index (χ4v) is 2.14. The normalized spacial score (nSPS) is 10.7. The maximum absolute atomic E-state index is 10.0. The molecule has 0 aliphatic heterocycles. The highest BCUT2D eigenvalue weighted by molar-refractivity contribution is 5.85. The van der Waals surface area contributed by atoms with Crippen LogP contribution in [0.15, 0.2) is 42.5 Å². The van der Waals surface area contributed by atoms with E-state index in [-0.39, 0.29) is 5.75 Å². The quantitative estimate of drug-likeness (QED) is 0.767. The molecule has 0 amide bonds. The third-order valence-electron chi connectivity index (χ3n) is 2.98. The molecule has 0 radical (unpaired) electrons. The minimum Gasteiger partial charge on any atom is -0.504 e. The molecule has 1 aromatic heterocycles. The average molecular weight is 266 g/mol. The van der Waals surface area contributed by atoms with Crippen molar-refractivity contribution in [2.24, 2.45) is 0 Å². The molecule has 0 saturated heterocycles. The number of phenolic OH excluding ortho intramolecular Hbond substituents is 1. The van der Waals surface area contributed by atoms with Crippen LogP contribution in [0.2, 0.25) is 0 Å². The number of fused-ring (bicyclic) bond motifs is 1. The highest BCUT2D eigenvalue weighted by Crippen LogP contribution is 2.34. The number of phenols is 1. The predicted octanol–water partition coefficient (Wildman–Crippen LogP) is 3.74. The van der Waals surface area contributed by atoms with Crippen LogP contribution in [0.4, 0.5) is 0 Å². The molecule has 0 aliphatic carbocycles. The lowest BCUT2D eigenvalue weighted by atomic mass is 10.1. The van der Waals surface area contributed by atoms with Crippen LogP contribution in [-0.2, 0) is 0 Å². The zero-order valence-electron chi connectivity index (χ0n) is 11.3. The van der Waals surface area contributed by atoms with Crippen molar-refractivity contribution in [3.8, 4) is 17.4 Å². The van der Waals surface area contributed by atoms with Gasteiger partial charge in [0.2, 0.25) is 5.88 Å². The number of aromatic nitrogens is 2. The van der Waals surface area contributed by atoms with Crippen LogP contribution in [0.25, 0.3) is 10.8 Å². The van der Waals surface area contributed by atoms with Crippen molar-refractivity contribution in [2.75, 3.05) is 0 Å². The summed E-state index contributed by atoms with van der Waals surface area (Å²) in [6.07, 6.45) is 0. The summed E-state index contributed by atoms with van der Waals surface area (Å²) in [5.74, 6) is 1.56. The number of hydrogen-bond donors (Lipinski definition) is 1. The van der Waals surface area contributed by atoms with Gasteiger partial charge in [0.1, 0.15) is 5.82 Å². The average Bonchev–Trinajstić information content (AvgIpc) is 2.38. The summed E-state index contributed by atoms with van der Waals surface area (Å²) in [6, 6.07) is 13.0. The molecular weight excluding hydrogens is 252 g/mol. The monoisotopic (exact) mass is 266 g/mol. The number of hydrogen-bond acceptors (Lipinski definition) is 4. The Bertz CT molecular complexity index is 764. The van der Waals surface area contributed by atoms with E-state index in [1.807, 2.05) is 31.2 Å². The number of benzene rings is 2. The molecule has 0 aliphatic rings. The van der Waals surface area contributed by atoms with Crippen molar-refractivity contribution in [1.29, 1.82) is 0 Å². The van der Waals surface area contributed by atoms with E-state index in [4.69, 9.17) is 4.74 Å². The highest BCUT2D eigenvalue weighted by atomic mass is 16.5. The van der Waals surface area contributed by atoms with Gasteiger partial charge < -0.3 is 9.84 Å². The maximum atomic E-state index is 10.0. The second-order valence-corrected chi connectivity index (χ2v) is 4.66. The van der Waals surface area contributed by atoms with Crippen molar-refractivity contribution in [1.82, 2.24) is 9.97 Å². The lowest BCUT2D eigenvalue weighted by Gasteiger charge is -2.09. The standard InChI is InChI=1S/C16H14N2O2/c1-10-7-16(18-11(2)17-10)20-15-9-13-6-4-3-5-12(13)8-14(15)19/h3-9,19H,1-2H3. The third-order valence-corrected chi connectivity index (χ3v) is 2.98. The zero-order chi connectivity index (χ0) is 14.1.